The SMILES string of the molecule is NC1=NC(c2cc(NC(=O)c3ccc(OC(F)F)cn3)ccc2F)C(F)(F)CO1. The fraction of sp³-hybridized carbons (Fsp3) is 0.235. The van der Waals surface area contributed by atoms with Crippen LogP contribution in [0.25, 0.3) is 0 Å². The quantitative estimate of drug-likeness (QED) is 0.730. The van der Waals surface area contributed by atoms with E-state index in [1.165, 1.54) is 0 Å². The first-order chi connectivity index (χ1) is 13.7. The summed E-state index contributed by atoms with van der Waals surface area (Å²) in [6.45, 7) is -4.12. The van der Waals surface area contributed by atoms with E-state index in [-0.39, 0.29) is 17.1 Å². The zero-order chi connectivity index (χ0) is 21.2. The largest absolute Gasteiger partial charge is 0.459 e. The van der Waals surface area contributed by atoms with Crippen molar-refractivity contribution in [1.29, 1.82) is 0 Å². The third-order valence-corrected chi connectivity index (χ3v) is 3.81. The molecule has 0 saturated carbocycles. The number of nitrogens with one attached hydrogen (secondary N) is 1. The van der Waals surface area contributed by atoms with E-state index in [9.17, 15) is 26.7 Å². The predicted octanol–water partition coefficient (Wildman–Crippen LogP) is 3.10. The molecule has 1 atom stereocenters. The van der Waals surface area contributed by atoms with E-state index in [1.807, 2.05) is 0 Å². The standard InChI is InChI=1S/C17H13F5N4O3/c18-11-3-1-8(5-10(11)13-17(21,22)7-28-16(23)26-13)25-14(27)12-4-2-9(6-24-12)29-15(19)20/h1-6,13,15H,7H2,(H2,23,26)(H,25,27). The third kappa shape index (κ3) is 4.70. The monoisotopic (exact) mass is 416 g/mol. The van der Waals surface area contributed by atoms with Gasteiger partial charge in [-0.05, 0) is 30.3 Å². The van der Waals surface area contributed by atoms with Crippen LogP contribution in [0.4, 0.5) is 27.6 Å². The lowest BCUT2D eigenvalue weighted by molar-refractivity contribution is -0.0788. The number of carbonyl (C=O) groups is 1. The van der Waals surface area contributed by atoms with E-state index < -0.39 is 48.5 Å². The van der Waals surface area contributed by atoms with Gasteiger partial charge in [0.25, 0.3) is 11.9 Å². The van der Waals surface area contributed by atoms with Gasteiger partial charge in [-0.2, -0.15) is 8.78 Å². The first-order valence-corrected chi connectivity index (χ1v) is 8.01. The highest BCUT2D eigenvalue weighted by Crippen LogP contribution is 2.39. The Morgan fingerprint density at radius 2 is 2.07 bits per heavy atom. The van der Waals surface area contributed by atoms with E-state index in [2.05, 4.69) is 24.8 Å². The minimum atomic E-state index is -3.52. The number of aromatic nitrogens is 1. The van der Waals surface area contributed by atoms with E-state index in [4.69, 9.17) is 5.73 Å². The van der Waals surface area contributed by atoms with E-state index in [0.29, 0.717) is 0 Å². The van der Waals surface area contributed by atoms with Crippen molar-refractivity contribution in [2.24, 2.45) is 10.7 Å². The van der Waals surface area contributed by atoms with Gasteiger partial charge >= 0.3 is 12.5 Å². The maximum Gasteiger partial charge on any atom is 0.387 e. The van der Waals surface area contributed by atoms with Crippen molar-refractivity contribution < 1.29 is 36.2 Å². The summed E-state index contributed by atoms with van der Waals surface area (Å²) in [4.78, 5) is 19.4. The number of aliphatic imine (C=N–C) groups is 1. The fourth-order valence-electron chi connectivity index (χ4n) is 2.52. The number of hydrogen-bond acceptors (Lipinski definition) is 6. The van der Waals surface area contributed by atoms with Gasteiger partial charge in [0, 0.05) is 11.3 Å². The Morgan fingerprint density at radius 1 is 1.31 bits per heavy atom. The van der Waals surface area contributed by atoms with Crippen molar-refractivity contribution in [2.45, 2.75) is 18.6 Å². The molecule has 0 fully saturated rings. The van der Waals surface area contributed by atoms with Crippen molar-refractivity contribution in [1.82, 2.24) is 4.98 Å². The van der Waals surface area contributed by atoms with Crippen LogP contribution in [0.5, 0.6) is 5.75 Å². The van der Waals surface area contributed by atoms with Gasteiger partial charge in [-0.25, -0.2) is 23.1 Å². The van der Waals surface area contributed by atoms with Gasteiger partial charge in [0.1, 0.15) is 17.3 Å². The molecule has 0 saturated heterocycles. The Labute approximate surface area is 160 Å². The summed E-state index contributed by atoms with van der Waals surface area (Å²) in [5, 5.41) is 2.35. The smallest absolute Gasteiger partial charge is 0.387 e. The molecule has 1 aliphatic heterocycles. The van der Waals surface area contributed by atoms with Crippen LogP contribution in [0.15, 0.2) is 41.5 Å². The number of alkyl halides is 4. The van der Waals surface area contributed by atoms with Gasteiger partial charge in [-0.1, -0.05) is 0 Å². The fourth-order valence-corrected chi connectivity index (χ4v) is 2.52. The van der Waals surface area contributed by atoms with Crippen LogP contribution in [0, 0.1) is 5.82 Å². The normalized spacial score (nSPS) is 18.0. The number of amidine groups is 1. The second-order valence-corrected chi connectivity index (χ2v) is 5.87. The molecule has 1 aromatic heterocycles. The Hall–Kier alpha value is -3.44. The minimum absolute atomic E-state index is 0.0165. The summed E-state index contributed by atoms with van der Waals surface area (Å²) in [5.74, 6) is -5.53. The molecule has 7 nitrogen and oxygen atoms in total. The number of carbonyl (C=O) groups excluding carboxylic acids is 1. The Kier molecular flexibility index (Phi) is 5.52. The third-order valence-electron chi connectivity index (χ3n) is 3.81. The number of nitrogens with zero attached hydrogens (tertiary/aromatic N) is 2. The van der Waals surface area contributed by atoms with E-state index >= 15 is 0 Å². The number of benzene rings is 1. The number of rotatable bonds is 5. The molecular weight excluding hydrogens is 403 g/mol. The Balaban J connectivity index is 1.81. The minimum Gasteiger partial charge on any atom is -0.459 e. The highest BCUT2D eigenvalue weighted by molar-refractivity contribution is 6.02. The lowest BCUT2D eigenvalue weighted by Crippen LogP contribution is -2.40. The first kappa shape index (κ1) is 20.3. The Morgan fingerprint density at radius 3 is 2.72 bits per heavy atom. The van der Waals surface area contributed by atoms with Gasteiger partial charge in [0.2, 0.25) is 0 Å². The van der Waals surface area contributed by atoms with Crippen LogP contribution < -0.4 is 15.8 Å². The van der Waals surface area contributed by atoms with Crippen molar-refractivity contribution in [3.8, 4) is 5.75 Å². The summed E-state index contributed by atoms with van der Waals surface area (Å²) in [6, 6.07) is 2.80. The highest BCUT2D eigenvalue weighted by Gasteiger charge is 2.46. The molecule has 2 heterocycles. The molecule has 29 heavy (non-hydrogen) atoms. The summed E-state index contributed by atoms with van der Waals surface area (Å²) >= 11 is 0. The second kappa shape index (κ2) is 7.89. The number of anilines is 1. The molecule has 3 rings (SSSR count). The zero-order valence-corrected chi connectivity index (χ0v) is 14.4. The lowest BCUT2D eigenvalue weighted by Gasteiger charge is -2.28. The van der Waals surface area contributed by atoms with Crippen LogP contribution in [-0.2, 0) is 4.74 Å². The van der Waals surface area contributed by atoms with Gasteiger partial charge in [0.15, 0.2) is 12.6 Å². The molecule has 1 amide bonds. The highest BCUT2D eigenvalue weighted by atomic mass is 19.3. The van der Waals surface area contributed by atoms with Crippen LogP contribution in [0.3, 0.4) is 0 Å². The second-order valence-electron chi connectivity index (χ2n) is 5.87. The van der Waals surface area contributed by atoms with Crippen molar-refractivity contribution in [3.63, 3.8) is 0 Å². The van der Waals surface area contributed by atoms with Crippen LogP contribution in [0.1, 0.15) is 22.1 Å². The summed E-state index contributed by atoms with van der Waals surface area (Å²) < 4.78 is 75.2. The van der Waals surface area contributed by atoms with Crippen LogP contribution in [-0.4, -0.2) is 36.1 Å². The summed E-state index contributed by atoms with van der Waals surface area (Å²) in [5.41, 5.74) is 4.63. The number of halogens is 5. The van der Waals surface area contributed by atoms with Crippen LogP contribution >= 0.6 is 0 Å². The van der Waals surface area contributed by atoms with Crippen LogP contribution in [0.2, 0.25) is 0 Å². The number of nitrogens with two attached hydrogens (primary N) is 1. The van der Waals surface area contributed by atoms with Crippen molar-refractivity contribution >= 4 is 17.6 Å². The molecular formula is C17H13F5N4O3. The summed E-state index contributed by atoms with van der Waals surface area (Å²) in [6.07, 6.45) is 0.914. The maximum absolute atomic E-state index is 14.1. The number of ether oxygens (including phenoxy) is 2. The number of hydrogen-bond donors (Lipinski definition) is 2. The molecule has 0 aliphatic carbocycles. The molecule has 0 bridgehead atoms. The van der Waals surface area contributed by atoms with Crippen molar-refractivity contribution in [3.05, 3.63) is 53.6 Å². The molecule has 0 spiro atoms. The first-order valence-electron chi connectivity index (χ1n) is 8.01. The molecule has 1 unspecified atom stereocenters. The van der Waals surface area contributed by atoms with E-state index in [1.54, 1.807) is 0 Å². The molecule has 12 heteroatoms. The average Bonchev–Trinajstić information content (AvgIpc) is 2.65. The maximum atomic E-state index is 14.1. The molecule has 0 radical (unpaired) electrons. The number of amides is 1. The van der Waals surface area contributed by atoms with Gasteiger partial charge < -0.3 is 20.5 Å². The lowest BCUT2D eigenvalue weighted by atomic mass is 9.99. The van der Waals surface area contributed by atoms with Gasteiger partial charge in [-0.15, -0.1) is 0 Å². The van der Waals surface area contributed by atoms with Gasteiger partial charge in [-0.3, -0.25) is 4.79 Å². The number of pyridine rings is 1. The zero-order valence-electron chi connectivity index (χ0n) is 14.4. The van der Waals surface area contributed by atoms with Gasteiger partial charge in [0.05, 0.1) is 6.20 Å². The van der Waals surface area contributed by atoms with Crippen molar-refractivity contribution in [2.75, 3.05) is 11.9 Å². The molecule has 3 N–H and O–H groups in total. The molecule has 154 valence electrons. The predicted molar refractivity (Wildman–Crippen MR) is 90.5 cm³/mol. The Bertz CT molecular complexity index is 937. The average molecular weight is 416 g/mol. The molecule has 1 aromatic carbocycles. The topological polar surface area (TPSA) is 98.8 Å². The molecule has 1 aliphatic rings. The molecule has 2 aromatic rings. The summed E-state index contributed by atoms with van der Waals surface area (Å²) in [7, 11) is 0. The van der Waals surface area contributed by atoms with E-state index in [0.717, 1.165) is 36.5 Å².